The second-order valence-electron chi connectivity index (χ2n) is 3.06. The summed E-state index contributed by atoms with van der Waals surface area (Å²) in [5, 5.41) is 0. The lowest BCUT2D eigenvalue weighted by Crippen LogP contribution is -2.16. The molecule has 2 rings (SSSR count). The molecule has 74 valence electrons. The zero-order chi connectivity index (χ0) is 9.80. The zero-order valence-electron chi connectivity index (χ0n) is 7.72. The van der Waals surface area contributed by atoms with Crippen LogP contribution in [0, 0.1) is 0 Å². The van der Waals surface area contributed by atoms with Crippen molar-refractivity contribution in [3.8, 4) is 5.75 Å². The van der Waals surface area contributed by atoms with Crippen molar-refractivity contribution in [3.05, 3.63) is 30.3 Å². The molecular formula is C10H12N2O2. The van der Waals surface area contributed by atoms with Crippen LogP contribution in [0.3, 0.4) is 0 Å². The monoisotopic (exact) mass is 192 g/mol. The molecule has 0 bridgehead atoms. The number of aliphatic imine (C=N–C) groups is 1. The van der Waals surface area contributed by atoms with Gasteiger partial charge in [0.2, 0.25) is 0 Å². The summed E-state index contributed by atoms with van der Waals surface area (Å²) in [6.45, 7) is 1.02. The third kappa shape index (κ3) is 2.16. The van der Waals surface area contributed by atoms with Crippen LogP contribution in [0.4, 0.5) is 0 Å². The first-order valence-corrected chi connectivity index (χ1v) is 4.48. The molecule has 1 aromatic carbocycles. The molecule has 0 spiro atoms. The topological polar surface area (TPSA) is 56.8 Å². The number of amidine groups is 1. The lowest BCUT2D eigenvalue weighted by Gasteiger charge is -2.07. The number of para-hydroxylation sites is 1. The SMILES string of the molecule is NC1=NC(COc2ccccc2)CO1. The van der Waals surface area contributed by atoms with E-state index in [1.165, 1.54) is 0 Å². The molecule has 1 aliphatic heterocycles. The molecule has 1 unspecified atom stereocenters. The summed E-state index contributed by atoms with van der Waals surface area (Å²) < 4.78 is 10.5. The van der Waals surface area contributed by atoms with Crippen LogP contribution in [0.2, 0.25) is 0 Å². The van der Waals surface area contributed by atoms with E-state index in [1.54, 1.807) is 0 Å². The fourth-order valence-corrected chi connectivity index (χ4v) is 1.23. The summed E-state index contributed by atoms with van der Waals surface area (Å²) in [7, 11) is 0. The third-order valence-corrected chi connectivity index (χ3v) is 1.92. The molecule has 0 saturated carbocycles. The maximum absolute atomic E-state index is 5.50. The van der Waals surface area contributed by atoms with Gasteiger partial charge in [0.15, 0.2) is 0 Å². The molecule has 1 aromatic rings. The molecule has 0 aromatic heterocycles. The van der Waals surface area contributed by atoms with Gasteiger partial charge in [0.1, 0.15) is 25.0 Å². The maximum atomic E-state index is 5.50. The molecule has 0 radical (unpaired) electrons. The van der Waals surface area contributed by atoms with E-state index in [0.717, 1.165) is 5.75 Å². The van der Waals surface area contributed by atoms with Crippen LogP contribution in [0.25, 0.3) is 0 Å². The van der Waals surface area contributed by atoms with Crippen molar-refractivity contribution in [1.29, 1.82) is 0 Å². The van der Waals surface area contributed by atoms with Gasteiger partial charge in [-0.05, 0) is 12.1 Å². The van der Waals surface area contributed by atoms with Crippen LogP contribution in [0.5, 0.6) is 5.75 Å². The number of rotatable bonds is 3. The Bertz CT molecular complexity index is 324. The summed E-state index contributed by atoms with van der Waals surface area (Å²) in [5.74, 6) is 0.841. The maximum Gasteiger partial charge on any atom is 0.282 e. The summed E-state index contributed by atoms with van der Waals surface area (Å²) in [6, 6.07) is 9.89. The Morgan fingerprint density at radius 2 is 2.21 bits per heavy atom. The summed E-state index contributed by atoms with van der Waals surface area (Å²) >= 11 is 0. The van der Waals surface area contributed by atoms with Crippen molar-refractivity contribution in [1.82, 2.24) is 0 Å². The van der Waals surface area contributed by atoms with Gasteiger partial charge in [-0.25, -0.2) is 4.99 Å². The Labute approximate surface area is 82.3 Å². The van der Waals surface area contributed by atoms with Gasteiger partial charge in [-0.1, -0.05) is 18.2 Å². The molecule has 0 saturated heterocycles. The second kappa shape index (κ2) is 4.00. The first-order chi connectivity index (χ1) is 6.84. The van der Waals surface area contributed by atoms with E-state index >= 15 is 0 Å². The van der Waals surface area contributed by atoms with E-state index in [4.69, 9.17) is 15.2 Å². The predicted molar refractivity (Wildman–Crippen MR) is 53.3 cm³/mol. The molecule has 1 heterocycles. The van der Waals surface area contributed by atoms with Gasteiger partial charge in [-0.15, -0.1) is 0 Å². The molecule has 1 atom stereocenters. The molecule has 0 fully saturated rings. The van der Waals surface area contributed by atoms with Crippen molar-refractivity contribution in [3.63, 3.8) is 0 Å². The molecule has 1 aliphatic rings. The number of nitrogens with zero attached hydrogens (tertiary/aromatic N) is 1. The van der Waals surface area contributed by atoms with Gasteiger partial charge in [-0.3, -0.25) is 0 Å². The minimum Gasteiger partial charge on any atom is -0.491 e. The van der Waals surface area contributed by atoms with E-state index in [9.17, 15) is 0 Å². The van der Waals surface area contributed by atoms with Crippen molar-refractivity contribution < 1.29 is 9.47 Å². The Morgan fingerprint density at radius 3 is 2.86 bits per heavy atom. The van der Waals surface area contributed by atoms with E-state index in [0.29, 0.717) is 13.2 Å². The molecule has 0 amide bonds. The lowest BCUT2D eigenvalue weighted by molar-refractivity contribution is 0.241. The molecule has 4 nitrogen and oxygen atoms in total. The van der Waals surface area contributed by atoms with Gasteiger partial charge < -0.3 is 15.2 Å². The van der Waals surface area contributed by atoms with Crippen LogP contribution in [-0.4, -0.2) is 25.3 Å². The number of hydrogen-bond acceptors (Lipinski definition) is 4. The Kier molecular flexibility index (Phi) is 2.53. The first-order valence-electron chi connectivity index (χ1n) is 4.48. The minimum absolute atomic E-state index is 0.0233. The second-order valence-corrected chi connectivity index (χ2v) is 3.06. The molecule has 0 aliphatic carbocycles. The smallest absolute Gasteiger partial charge is 0.282 e. The third-order valence-electron chi connectivity index (χ3n) is 1.92. The molecular weight excluding hydrogens is 180 g/mol. The van der Waals surface area contributed by atoms with Crippen molar-refractivity contribution in [2.24, 2.45) is 10.7 Å². The minimum atomic E-state index is 0.0233. The largest absolute Gasteiger partial charge is 0.491 e. The van der Waals surface area contributed by atoms with Crippen molar-refractivity contribution in [2.45, 2.75) is 6.04 Å². The van der Waals surface area contributed by atoms with Gasteiger partial charge in [0.25, 0.3) is 6.02 Å². The Morgan fingerprint density at radius 1 is 1.43 bits per heavy atom. The highest BCUT2D eigenvalue weighted by atomic mass is 16.5. The van der Waals surface area contributed by atoms with E-state index in [2.05, 4.69) is 4.99 Å². The van der Waals surface area contributed by atoms with Crippen LogP contribution in [0.1, 0.15) is 0 Å². The number of hydrogen-bond donors (Lipinski definition) is 1. The highest BCUT2D eigenvalue weighted by molar-refractivity contribution is 5.73. The highest BCUT2D eigenvalue weighted by Crippen LogP contribution is 2.10. The predicted octanol–water partition coefficient (Wildman–Crippen LogP) is 0.779. The van der Waals surface area contributed by atoms with Gasteiger partial charge in [0.05, 0.1) is 0 Å². The fourth-order valence-electron chi connectivity index (χ4n) is 1.23. The van der Waals surface area contributed by atoms with Crippen LogP contribution < -0.4 is 10.5 Å². The molecule has 14 heavy (non-hydrogen) atoms. The van der Waals surface area contributed by atoms with Crippen LogP contribution in [0.15, 0.2) is 35.3 Å². The van der Waals surface area contributed by atoms with E-state index in [1.807, 2.05) is 30.3 Å². The number of nitrogens with two attached hydrogens (primary N) is 1. The normalized spacial score (nSPS) is 20.0. The van der Waals surface area contributed by atoms with Gasteiger partial charge in [-0.2, -0.15) is 0 Å². The van der Waals surface area contributed by atoms with Crippen LogP contribution >= 0.6 is 0 Å². The summed E-state index contributed by atoms with van der Waals surface area (Å²) in [6.07, 6.45) is 0. The Hall–Kier alpha value is -1.71. The summed E-state index contributed by atoms with van der Waals surface area (Å²) in [5.41, 5.74) is 5.37. The summed E-state index contributed by atoms with van der Waals surface area (Å²) in [4.78, 5) is 4.05. The molecule has 2 N–H and O–H groups in total. The average molecular weight is 192 g/mol. The molecule has 4 heteroatoms. The van der Waals surface area contributed by atoms with Gasteiger partial charge >= 0.3 is 0 Å². The first kappa shape index (κ1) is 8.87. The number of benzene rings is 1. The quantitative estimate of drug-likeness (QED) is 0.769. The number of ether oxygens (including phenoxy) is 2. The van der Waals surface area contributed by atoms with Gasteiger partial charge in [0, 0.05) is 0 Å². The van der Waals surface area contributed by atoms with Crippen molar-refractivity contribution in [2.75, 3.05) is 13.2 Å². The Balaban J connectivity index is 1.84. The van der Waals surface area contributed by atoms with E-state index in [-0.39, 0.29) is 12.1 Å². The zero-order valence-corrected chi connectivity index (χ0v) is 7.72. The standard InChI is InChI=1S/C10H12N2O2/c11-10-12-8(7-14-10)6-13-9-4-2-1-3-5-9/h1-5,8H,6-7H2,(H2,11,12). The fraction of sp³-hybridized carbons (Fsp3) is 0.300. The lowest BCUT2D eigenvalue weighted by atomic mass is 10.3. The highest BCUT2D eigenvalue weighted by Gasteiger charge is 2.16. The van der Waals surface area contributed by atoms with Crippen LogP contribution in [-0.2, 0) is 4.74 Å². The van der Waals surface area contributed by atoms with Crippen molar-refractivity contribution >= 4 is 6.02 Å². The van der Waals surface area contributed by atoms with E-state index < -0.39 is 0 Å². The average Bonchev–Trinajstić information content (AvgIpc) is 2.63.